The van der Waals surface area contributed by atoms with Gasteiger partial charge in [-0.25, -0.2) is 0 Å². The van der Waals surface area contributed by atoms with Crippen LogP contribution in [0, 0.1) is 0 Å². The average molecular weight is 457 g/mol. The lowest BCUT2D eigenvalue weighted by Crippen LogP contribution is -2.32. The van der Waals surface area contributed by atoms with Crippen molar-refractivity contribution in [1.29, 1.82) is 0 Å². The molecule has 0 unspecified atom stereocenters. The second kappa shape index (κ2) is 7.88. The van der Waals surface area contributed by atoms with Gasteiger partial charge in [0.15, 0.2) is 0 Å². The van der Waals surface area contributed by atoms with Gasteiger partial charge in [-0.2, -0.15) is 13.2 Å². The molecule has 1 aromatic heterocycles. The van der Waals surface area contributed by atoms with Gasteiger partial charge in [0.05, 0.1) is 17.5 Å². The highest BCUT2D eigenvalue weighted by atomic mass is 19.4. The summed E-state index contributed by atoms with van der Waals surface area (Å²) < 4.78 is 47.6. The number of carbonyl (C=O) groups is 1. The number of amides is 1. The Morgan fingerprint density at radius 1 is 1.12 bits per heavy atom. The van der Waals surface area contributed by atoms with Crippen molar-refractivity contribution in [1.82, 2.24) is 4.57 Å². The Balaban J connectivity index is 1.57. The highest BCUT2D eigenvalue weighted by molar-refractivity contribution is 6.10. The number of hydrogen-bond acceptors (Lipinski definition) is 3. The van der Waals surface area contributed by atoms with Crippen LogP contribution in [0.2, 0.25) is 0 Å². The molecule has 0 saturated heterocycles. The molecule has 0 radical (unpaired) electrons. The van der Waals surface area contributed by atoms with Gasteiger partial charge in [0.25, 0.3) is 0 Å². The molecule has 3 aromatic rings. The predicted molar refractivity (Wildman–Crippen MR) is 120 cm³/mol. The number of nitrogens with zero attached hydrogens (tertiary/aromatic N) is 2. The van der Waals surface area contributed by atoms with Crippen LogP contribution in [0.3, 0.4) is 0 Å². The SMILES string of the molecule is COCCCn1c(CN2C(=O)C3(CC3)c3ccc(C(F)(F)F)cc32)cc2cc(CN)ccc21. The zero-order valence-corrected chi connectivity index (χ0v) is 18.4. The van der Waals surface area contributed by atoms with Crippen LogP contribution in [0.15, 0.2) is 42.5 Å². The summed E-state index contributed by atoms with van der Waals surface area (Å²) in [5.41, 5.74) is 8.40. The van der Waals surface area contributed by atoms with E-state index in [4.69, 9.17) is 10.5 Å². The molecule has 1 amide bonds. The number of fused-ring (bicyclic) bond motifs is 3. The zero-order valence-electron chi connectivity index (χ0n) is 18.4. The number of methoxy groups -OCH3 is 1. The number of halogens is 3. The van der Waals surface area contributed by atoms with Gasteiger partial charge >= 0.3 is 6.18 Å². The molecule has 33 heavy (non-hydrogen) atoms. The number of aromatic nitrogens is 1. The van der Waals surface area contributed by atoms with Gasteiger partial charge in [0, 0.05) is 49.1 Å². The van der Waals surface area contributed by atoms with Crippen molar-refractivity contribution in [2.24, 2.45) is 5.73 Å². The Bertz CT molecular complexity index is 1230. The Morgan fingerprint density at radius 2 is 1.91 bits per heavy atom. The van der Waals surface area contributed by atoms with Gasteiger partial charge < -0.3 is 19.9 Å². The molecule has 1 spiro atoms. The lowest BCUT2D eigenvalue weighted by atomic mass is 9.97. The van der Waals surface area contributed by atoms with Crippen molar-refractivity contribution in [3.05, 3.63) is 64.8 Å². The van der Waals surface area contributed by atoms with Crippen molar-refractivity contribution in [2.45, 2.75) is 50.5 Å². The van der Waals surface area contributed by atoms with Gasteiger partial charge in [-0.3, -0.25) is 4.79 Å². The Kier molecular flexibility index (Phi) is 5.25. The van der Waals surface area contributed by atoms with Crippen LogP contribution in [-0.2, 0) is 40.8 Å². The van der Waals surface area contributed by atoms with E-state index in [9.17, 15) is 18.0 Å². The lowest BCUT2D eigenvalue weighted by molar-refractivity contribution is -0.137. The number of aryl methyl sites for hydroxylation is 1. The number of nitrogens with two attached hydrogens (primary N) is 1. The molecule has 0 bridgehead atoms. The van der Waals surface area contributed by atoms with E-state index in [0.717, 1.165) is 40.7 Å². The number of anilines is 1. The Morgan fingerprint density at radius 3 is 2.58 bits per heavy atom. The molecule has 174 valence electrons. The lowest BCUT2D eigenvalue weighted by Gasteiger charge is -2.21. The van der Waals surface area contributed by atoms with Crippen molar-refractivity contribution >= 4 is 22.5 Å². The maximum Gasteiger partial charge on any atom is 0.416 e. The molecule has 0 atom stereocenters. The molecule has 8 heteroatoms. The molecule has 1 fully saturated rings. The molecule has 1 aliphatic carbocycles. The van der Waals surface area contributed by atoms with Crippen LogP contribution in [0.1, 0.15) is 41.6 Å². The molecule has 5 rings (SSSR count). The smallest absolute Gasteiger partial charge is 0.385 e. The third-order valence-electron chi connectivity index (χ3n) is 6.87. The number of hydrogen-bond donors (Lipinski definition) is 1. The van der Waals surface area contributed by atoms with E-state index in [1.54, 1.807) is 12.0 Å². The summed E-state index contributed by atoms with van der Waals surface area (Å²) in [5.74, 6) is -0.104. The van der Waals surface area contributed by atoms with Crippen molar-refractivity contribution in [2.75, 3.05) is 18.6 Å². The van der Waals surface area contributed by atoms with Crippen LogP contribution < -0.4 is 10.6 Å². The molecule has 1 aliphatic heterocycles. The molecule has 2 heterocycles. The first-order valence-electron chi connectivity index (χ1n) is 11.1. The minimum absolute atomic E-state index is 0.104. The fraction of sp³-hybridized carbons (Fsp3) is 0.400. The number of carbonyl (C=O) groups excluding carboxylic acids is 1. The van der Waals surface area contributed by atoms with Crippen LogP contribution >= 0.6 is 0 Å². The summed E-state index contributed by atoms with van der Waals surface area (Å²) in [6, 6.07) is 11.7. The molecule has 2 aromatic carbocycles. The predicted octanol–water partition coefficient (Wildman–Crippen LogP) is 4.73. The summed E-state index contributed by atoms with van der Waals surface area (Å²) in [7, 11) is 1.65. The number of ether oxygens (including phenoxy) is 1. The first kappa shape index (κ1) is 22.0. The summed E-state index contributed by atoms with van der Waals surface area (Å²) >= 11 is 0. The normalized spacial score (nSPS) is 16.8. The van der Waals surface area contributed by atoms with Gasteiger partial charge in [0.2, 0.25) is 5.91 Å². The topological polar surface area (TPSA) is 60.5 Å². The molecular weight excluding hydrogens is 431 g/mol. The van der Waals surface area contributed by atoms with Crippen LogP contribution in [0.4, 0.5) is 18.9 Å². The van der Waals surface area contributed by atoms with Crippen LogP contribution in [-0.4, -0.2) is 24.2 Å². The molecule has 1 saturated carbocycles. The van der Waals surface area contributed by atoms with Gasteiger partial charge in [-0.1, -0.05) is 12.1 Å². The molecule has 5 nitrogen and oxygen atoms in total. The first-order valence-corrected chi connectivity index (χ1v) is 11.1. The van der Waals surface area contributed by atoms with E-state index >= 15 is 0 Å². The van der Waals surface area contributed by atoms with E-state index in [2.05, 4.69) is 4.57 Å². The third-order valence-corrected chi connectivity index (χ3v) is 6.87. The van der Waals surface area contributed by atoms with Crippen molar-refractivity contribution < 1.29 is 22.7 Å². The van der Waals surface area contributed by atoms with Crippen molar-refractivity contribution in [3.8, 4) is 0 Å². The van der Waals surface area contributed by atoms with Gasteiger partial charge in [-0.15, -0.1) is 0 Å². The van der Waals surface area contributed by atoms with E-state index in [1.165, 1.54) is 6.07 Å². The molecular formula is C25H26F3N3O2. The van der Waals surface area contributed by atoms with E-state index in [1.807, 2.05) is 24.3 Å². The van der Waals surface area contributed by atoms with Crippen molar-refractivity contribution in [3.63, 3.8) is 0 Å². The Labute approximate surface area is 189 Å². The van der Waals surface area contributed by atoms with Crippen LogP contribution in [0.5, 0.6) is 0 Å². The molecule has 2 aliphatic rings. The van der Waals surface area contributed by atoms with Gasteiger partial charge in [-0.05, 0) is 60.7 Å². The maximum absolute atomic E-state index is 13.4. The number of alkyl halides is 3. The average Bonchev–Trinajstić information content (AvgIpc) is 3.48. The largest absolute Gasteiger partial charge is 0.416 e. The summed E-state index contributed by atoms with van der Waals surface area (Å²) in [5, 5.41) is 1.00. The van der Waals surface area contributed by atoms with Crippen LogP contribution in [0.25, 0.3) is 10.9 Å². The highest BCUT2D eigenvalue weighted by Crippen LogP contribution is 2.58. The fourth-order valence-corrected chi connectivity index (χ4v) is 5.01. The number of benzene rings is 2. The fourth-order valence-electron chi connectivity index (χ4n) is 5.01. The maximum atomic E-state index is 13.4. The molecule has 2 N–H and O–H groups in total. The summed E-state index contributed by atoms with van der Waals surface area (Å²) in [6.45, 7) is 1.90. The van der Waals surface area contributed by atoms with E-state index in [0.29, 0.717) is 43.8 Å². The second-order valence-electron chi connectivity index (χ2n) is 8.93. The van der Waals surface area contributed by atoms with E-state index in [-0.39, 0.29) is 12.5 Å². The quantitative estimate of drug-likeness (QED) is 0.522. The summed E-state index contributed by atoms with van der Waals surface area (Å²) in [4.78, 5) is 14.9. The second-order valence-corrected chi connectivity index (χ2v) is 8.93. The third kappa shape index (κ3) is 3.61. The minimum atomic E-state index is -4.46. The summed E-state index contributed by atoms with van der Waals surface area (Å²) in [6.07, 6.45) is -2.33. The monoisotopic (exact) mass is 457 g/mol. The standard InChI is InChI=1S/C25H26F3N3O2/c1-33-10-2-9-30-19(12-17-11-16(14-29)3-6-21(17)30)15-31-22-13-18(25(26,27)28)4-5-20(22)24(7-8-24)23(31)32/h3-6,11-13H,2,7-10,14-15,29H2,1H3. The Hall–Kier alpha value is -2.84. The van der Waals surface area contributed by atoms with Gasteiger partial charge in [0.1, 0.15) is 0 Å². The highest BCUT2D eigenvalue weighted by Gasteiger charge is 2.59. The number of rotatable bonds is 7. The minimum Gasteiger partial charge on any atom is -0.385 e. The first-order chi connectivity index (χ1) is 15.8. The zero-order chi connectivity index (χ0) is 23.4. The van der Waals surface area contributed by atoms with E-state index < -0.39 is 17.2 Å².